The van der Waals surface area contributed by atoms with Gasteiger partial charge < -0.3 is 14.7 Å². The van der Waals surface area contributed by atoms with Gasteiger partial charge in [-0.2, -0.15) is 0 Å². The van der Waals surface area contributed by atoms with Gasteiger partial charge in [0.05, 0.1) is 12.2 Å². The van der Waals surface area contributed by atoms with E-state index in [9.17, 15) is 4.79 Å². The predicted molar refractivity (Wildman–Crippen MR) is 72.8 cm³/mol. The third kappa shape index (κ3) is 4.62. The molecule has 0 atom stereocenters. The highest BCUT2D eigenvalue weighted by Crippen LogP contribution is 2.20. The van der Waals surface area contributed by atoms with Crippen molar-refractivity contribution in [1.29, 1.82) is 0 Å². The first kappa shape index (κ1) is 15.0. The number of oxime groups is 1. The van der Waals surface area contributed by atoms with Crippen molar-refractivity contribution in [3.8, 4) is 5.75 Å². The van der Waals surface area contributed by atoms with Crippen LogP contribution < -0.4 is 4.84 Å². The second-order valence-electron chi connectivity index (χ2n) is 4.01. The molecule has 0 bridgehead atoms. The second-order valence-corrected chi connectivity index (χ2v) is 4.01. The Kier molecular flexibility index (Phi) is 5.85. The Labute approximate surface area is 112 Å². The van der Waals surface area contributed by atoms with E-state index in [1.165, 1.54) is 6.07 Å². The Morgan fingerprint density at radius 1 is 1.37 bits per heavy atom. The minimum atomic E-state index is -0.927. The molecule has 1 rings (SSSR count). The van der Waals surface area contributed by atoms with Gasteiger partial charge in [-0.1, -0.05) is 13.3 Å². The molecule has 0 aromatic heterocycles. The Bertz CT molecular complexity index is 469. The van der Waals surface area contributed by atoms with Crippen LogP contribution in [0, 0.1) is 0 Å². The average Bonchev–Trinajstić information content (AvgIpc) is 2.37. The summed E-state index contributed by atoms with van der Waals surface area (Å²) in [6.07, 6.45) is 1.55. The minimum Gasteiger partial charge on any atom is -0.479 e. The van der Waals surface area contributed by atoms with Gasteiger partial charge in [0.25, 0.3) is 0 Å². The molecule has 1 N–H and O–H groups in total. The predicted octanol–water partition coefficient (Wildman–Crippen LogP) is 3.09. The van der Waals surface area contributed by atoms with Crippen LogP contribution in [0.5, 0.6) is 5.75 Å². The lowest BCUT2D eigenvalue weighted by Gasteiger charge is -2.07. The van der Waals surface area contributed by atoms with Gasteiger partial charge in [0.2, 0.25) is 5.90 Å². The van der Waals surface area contributed by atoms with Crippen molar-refractivity contribution >= 4 is 11.9 Å². The third-order valence-electron chi connectivity index (χ3n) is 2.46. The maximum absolute atomic E-state index is 11.1. The number of ether oxygens (including phenoxy) is 1. The molecule has 0 spiro atoms. The molecule has 19 heavy (non-hydrogen) atoms. The Morgan fingerprint density at radius 2 is 2.11 bits per heavy atom. The van der Waals surface area contributed by atoms with Gasteiger partial charge >= 0.3 is 5.97 Å². The van der Waals surface area contributed by atoms with E-state index >= 15 is 0 Å². The van der Waals surface area contributed by atoms with Crippen LogP contribution in [-0.4, -0.2) is 23.6 Å². The lowest BCUT2D eigenvalue weighted by atomic mass is 10.0. The first-order valence-electron chi connectivity index (χ1n) is 6.29. The first-order chi connectivity index (χ1) is 9.08. The summed E-state index contributed by atoms with van der Waals surface area (Å²) in [6.45, 7) is 6.08. The molecule has 0 aliphatic carbocycles. The van der Waals surface area contributed by atoms with Crippen LogP contribution in [0.2, 0.25) is 0 Å². The molecular formula is C14H19NO4. The normalized spacial score (nSPS) is 11.2. The SMILES string of the molecule is CCCc1cc(ON=C(C)OCC)ccc1C(=O)O. The van der Waals surface area contributed by atoms with E-state index < -0.39 is 5.97 Å². The van der Waals surface area contributed by atoms with E-state index in [4.69, 9.17) is 14.7 Å². The number of carboxylic acids is 1. The molecule has 1 aromatic rings. The molecule has 104 valence electrons. The zero-order valence-electron chi connectivity index (χ0n) is 11.5. The third-order valence-corrected chi connectivity index (χ3v) is 2.46. The number of rotatable bonds is 6. The van der Waals surface area contributed by atoms with Crippen molar-refractivity contribution in [3.63, 3.8) is 0 Å². The zero-order chi connectivity index (χ0) is 14.3. The fourth-order valence-electron chi connectivity index (χ4n) is 1.66. The van der Waals surface area contributed by atoms with Crippen LogP contribution in [0.15, 0.2) is 23.4 Å². The second kappa shape index (κ2) is 7.41. The van der Waals surface area contributed by atoms with E-state index in [-0.39, 0.29) is 0 Å². The van der Waals surface area contributed by atoms with Gasteiger partial charge in [-0.3, -0.25) is 0 Å². The number of hydrogen-bond acceptors (Lipinski definition) is 4. The summed E-state index contributed by atoms with van der Waals surface area (Å²) in [6, 6.07) is 4.83. The molecule has 5 nitrogen and oxygen atoms in total. The Hall–Kier alpha value is -2.04. The molecule has 0 saturated heterocycles. The zero-order valence-corrected chi connectivity index (χ0v) is 11.5. The van der Waals surface area contributed by atoms with Crippen LogP contribution in [-0.2, 0) is 11.2 Å². The Balaban J connectivity index is 2.89. The molecule has 0 aliphatic heterocycles. The molecule has 0 heterocycles. The monoisotopic (exact) mass is 265 g/mol. The number of nitrogens with zero attached hydrogens (tertiary/aromatic N) is 1. The summed E-state index contributed by atoms with van der Waals surface area (Å²) in [5, 5.41) is 12.9. The molecular weight excluding hydrogens is 246 g/mol. The quantitative estimate of drug-likeness (QED) is 0.487. The lowest BCUT2D eigenvalue weighted by molar-refractivity contribution is 0.0695. The van der Waals surface area contributed by atoms with Crippen LogP contribution in [0.3, 0.4) is 0 Å². The van der Waals surface area contributed by atoms with Gasteiger partial charge in [0.15, 0.2) is 5.75 Å². The summed E-state index contributed by atoms with van der Waals surface area (Å²) in [5.41, 5.74) is 1.05. The standard InChI is InChI=1S/C14H19NO4/c1-4-6-11-9-12(7-8-13(11)14(16)17)19-15-10(3)18-5-2/h7-9H,4-6H2,1-3H3,(H,16,17). The number of benzene rings is 1. The molecule has 0 fully saturated rings. The molecule has 5 heteroatoms. The highest BCUT2D eigenvalue weighted by molar-refractivity contribution is 5.89. The molecule has 0 aliphatic rings. The molecule has 0 unspecified atom stereocenters. The van der Waals surface area contributed by atoms with E-state index in [1.54, 1.807) is 19.1 Å². The van der Waals surface area contributed by atoms with Crippen LogP contribution in [0.25, 0.3) is 0 Å². The van der Waals surface area contributed by atoms with E-state index in [0.717, 1.165) is 12.0 Å². The highest BCUT2D eigenvalue weighted by Gasteiger charge is 2.10. The molecule has 0 radical (unpaired) electrons. The van der Waals surface area contributed by atoms with Crippen molar-refractivity contribution in [2.75, 3.05) is 6.61 Å². The van der Waals surface area contributed by atoms with Crippen LogP contribution in [0.1, 0.15) is 43.1 Å². The van der Waals surface area contributed by atoms with Gasteiger partial charge in [0.1, 0.15) is 0 Å². The van der Waals surface area contributed by atoms with Gasteiger partial charge in [-0.25, -0.2) is 4.79 Å². The van der Waals surface area contributed by atoms with Crippen molar-refractivity contribution in [3.05, 3.63) is 29.3 Å². The van der Waals surface area contributed by atoms with Crippen molar-refractivity contribution in [1.82, 2.24) is 0 Å². The van der Waals surface area contributed by atoms with Gasteiger partial charge in [0, 0.05) is 6.92 Å². The van der Waals surface area contributed by atoms with Crippen LogP contribution in [0.4, 0.5) is 0 Å². The average molecular weight is 265 g/mol. The number of carboxylic acid groups (broad SMARTS) is 1. The lowest BCUT2D eigenvalue weighted by Crippen LogP contribution is -2.04. The summed E-state index contributed by atoms with van der Waals surface area (Å²) in [7, 11) is 0. The number of aromatic carboxylic acids is 1. The van der Waals surface area contributed by atoms with Crippen molar-refractivity contribution in [2.45, 2.75) is 33.6 Å². The van der Waals surface area contributed by atoms with Crippen LogP contribution >= 0.6 is 0 Å². The fourth-order valence-corrected chi connectivity index (χ4v) is 1.66. The fraction of sp³-hybridized carbons (Fsp3) is 0.429. The topological polar surface area (TPSA) is 68.1 Å². The van der Waals surface area contributed by atoms with E-state index in [0.29, 0.717) is 30.2 Å². The summed E-state index contributed by atoms with van der Waals surface area (Å²) in [5.74, 6) is 0.0124. The summed E-state index contributed by atoms with van der Waals surface area (Å²) in [4.78, 5) is 16.3. The van der Waals surface area contributed by atoms with Crippen molar-refractivity contribution < 1.29 is 19.5 Å². The summed E-state index contributed by atoms with van der Waals surface area (Å²) >= 11 is 0. The molecule has 0 amide bonds. The van der Waals surface area contributed by atoms with Crippen molar-refractivity contribution in [2.24, 2.45) is 5.16 Å². The van der Waals surface area contributed by atoms with E-state index in [2.05, 4.69) is 5.16 Å². The number of aryl methyl sites for hydroxylation is 1. The largest absolute Gasteiger partial charge is 0.479 e. The maximum atomic E-state index is 11.1. The minimum absolute atomic E-state index is 0.305. The Morgan fingerprint density at radius 3 is 2.68 bits per heavy atom. The molecule has 1 aromatic carbocycles. The maximum Gasteiger partial charge on any atom is 0.335 e. The summed E-state index contributed by atoms with van der Waals surface area (Å²) < 4.78 is 5.13. The highest BCUT2D eigenvalue weighted by atomic mass is 16.6. The van der Waals surface area contributed by atoms with E-state index in [1.807, 2.05) is 13.8 Å². The van der Waals surface area contributed by atoms with Gasteiger partial charge in [-0.15, -0.1) is 0 Å². The number of carbonyl (C=O) groups is 1. The van der Waals surface area contributed by atoms with Gasteiger partial charge in [-0.05, 0) is 42.3 Å². The molecule has 0 saturated carbocycles. The first-order valence-corrected chi connectivity index (χ1v) is 6.29. The number of hydrogen-bond donors (Lipinski definition) is 1. The smallest absolute Gasteiger partial charge is 0.335 e.